The largest absolute Gasteiger partial charge is 0.369 e. The number of rotatable bonds is 13. The quantitative estimate of drug-likeness (QED) is 0.209. The lowest BCUT2D eigenvalue weighted by Gasteiger charge is -2.41. The van der Waals surface area contributed by atoms with E-state index in [1.54, 1.807) is 0 Å². The Bertz CT molecular complexity index is 746. The number of hydrogen-bond acceptors (Lipinski definition) is 4. The molecule has 4 nitrogen and oxygen atoms in total. The van der Waals surface area contributed by atoms with Gasteiger partial charge in [-0.3, -0.25) is 0 Å². The summed E-state index contributed by atoms with van der Waals surface area (Å²) in [6, 6.07) is 0.848. The van der Waals surface area contributed by atoms with Gasteiger partial charge in [0.05, 0.1) is 17.9 Å². The highest BCUT2D eigenvalue weighted by molar-refractivity contribution is 5.49. The Morgan fingerprint density at radius 3 is 2.06 bits per heavy atom. The van der Waals surface area contributed by atoms with Crippen LogP contribution in [0.2, 0.25) is 0 Å². The maximum absolute atomic E-state index is 11.2. The van der Waals surface area contributed by atoms with E-state index in [2.05, 4.69) is 56.4 Å². The highest BCUT2D eigenvalue weighted by Gasteiger charge is 2.43. The molecule has 2 saturated carbocycles. The fraction of sp³-hybridized carbons (Fsp3) is 0.781. The minimum absolute atomic E-state index is 0.184. The second-order valence-corrected chi connectivity index (χ2v) is 12.6. The van der Waals surface area contributed by atoms with E-state index in [0.29, 0.717) is 48.1 Å². The Balaban J connectivity index is 1.77. The van der Waals surface area contributed by atoms with Gasteiger partial charge >= 0.3 is 0 Å². The molecule has 3 fully saturated rings. The molecule has 4 unspecified atom stereocenters. The fourth-order valence-corrected chi connectivity index (χ4v) is 7.64. The molecule has 4 heteroatoms. The molecule has 0 amide bonds. The van der Waals surface area contributed by atoms with Crippen molar-refractivity contribution in [1.29, 1.82) is 0 Å². The zero-order valence-electron chi connectivity index (χ0n) is 23.9. The van der Waals surface area contributed by atoms with Gasteiger partial charge in [-0.1, -0.05) is 84.6 Å². The van der Waals surface area contributed by atoms with Crippen LogP contribution in [0.25, 0.3) is 0 Å². The van der Waals surface area contributed by atoms with E-state index in [9.17, 15) is 4.79 Å². The Labute approximate surface area is 222 Å². The molecule has 1 aliphatic heterocycles. The van der Waals surface area contributed by atoms with Crippen molar-refractivity contribution in [3.63, 3.8) is 0 Å². The van der Waals surface area contributed by atoms with Gasteiger partial charge in [0.2, 0.25) is 0 Å². The predicted molar refractivity (Wildman–Crippen MR) is 153 cm³/mol. The third-order valence-electron chi connectivity index (χ3n) is 9.63. The Kier molecular flexibility index (Phi) is 11.0. The van der Waals surface area contributed by atoms with Crippen molar-refractivity contribution >= 4 is 6.29 Å². The first-order valence-corrected chi connectivity index (χ1v) is 15.0. The highest BCUT2D eigenvalue weighted by atomic mass is 16.1. The van der Waals surface area contributed by atoms with E-state index in [1.165, 1.54) is 75.5 Å². The van der Waals surface area contributed by atoms with E-state index in [4.69, 9.17) is 6.58 Å². The van der Waals surface area contributed by atoms with Gasteiger partial charge in [0.15, 0.2) is 0 Å². The summed E-state index contributed by atoms with van der Waals surface area (Å²) in [5.41, 5.74) is 2.47. The van der Waals surface area contributed by atoms with E-state index in [1.807, 2.05) is 0 Å². The van der Waals surface area contributed by atoms with Crippen LogP contribution in [-0.4, -0.2) is 35.9 Å². The molecular formula is C32H55N3O. The lowest BCUT2D eigenvalue weighted by molar-refractivity contribution is -0.108. The molecule has 3 rings (SSSR count). The van der Waals surface area contributed by atoms with Crippen LogP contribution in [0.15, 0.2) is 36.8 Å². The van der Waals surface area contributed by atoms with Crippen LogP contribution < -0.4 is 10.6 Å². The number of carbonyl (C=O) groups is 1. The maximum atomic E-state index is 11.2. The summed E-state index contributed by atoms with van der Waals surface area (Å²) < 4.78 is 0. The third kappa shape index (κ3) is 7.19. The summed E-state index contributed by atoms with van der Waals surface area (Å²) in [6.45, 7) is 24.0. The van der Waals surface area contributed by atoms with Crippen molar-refractivity contribution in [1.82, 2.24) is 15.5 Å². The van der Waals surface area contributed by atoms with Gasteiger partial charge in [0.25, 0.3) is 0 Å². The van der Waals surface area contributed by atoms with Gasteiger partial charge in [-0.2, -0.15) is 0 Å². The molecule has 5 atom stereocenters. The van der Waals surface area contributed by atoms with Crippen molar-refractivity contribution in [2.75, 3.05) is 6.54 Å². The Morgan fingerprint density at radius 2 is 1.53 bits per heavy atom. The standard InChI is InChI=1S/C32H55N3O/c1-22(2)29-21-35(32(23(3)4)24(29)5)25(6)31(28-17-12-9-13-18-28)34-26(7)33-30(19-14-20-36)27-15-10-8-11-16-27/h20,22,24,27-34H,3,6-19,21H2,1-2,4-5H3/t24?,29-,30?,31?,32?/m1/s1. The number of hydrogen-bond donors (Lipinski definition) is 2. The maximum Gasteiger partial charge on any atom is 0.120 e. The first kappa shape index (κ1) is 28.9. The number of aldehydes is 1. The molecular weight excluding hydrogens is 442 g/mol. The summed E-state index contributed by atoms with van der Waals surface area (Å²) in [4.78, 5) is 13.8. The van der Waals surface area contributed by atoms with E-state index < -0.39 is 0 Å². The molecule has 0 bridgehead atoms. The zero-order valence-corrected chi connectivity index (χ0v) is 23.9. The number of nitrogens with one attached hydrogen (secondary N) is 2. The highest BCUT2D eigenvalue weighted by Crippen LogP contribution is 2.41. The zero-order chi connectivity index (χ0) is 26.2. The molecule has 2 aliphatic carbocycles. The molecule has 0 aromatic heterocycles. The van der Waals surface area contributed by atoms with Crippen molar-refractivity contribution in [3.05, 3.63) is 36.8 Å². The second-order valence-electron chi connectivity index (χ2n) is 12.6. The van der Waals surface area contributed by atoms with Crippen LogP contribution in [0.1, 0.15) is 105 Å². The summed E-state index contributed by atoms with van der Waals surface area (Å²) >= 11 is 0. The van der Waals surface area contributed by atoms with Crippen LogP contribution in [0.5, 0.6) is 0 Å². The van der Waals surface area contributed by atoms with E-state index >= 15 is 0 Å². The molecule has 0 radical (unpaired) electrons. The minimum Gasteiger partial charge on any atom is -0.369 e. The number of nitrogens with zero attached hydrogens (tertiary/aromatic N) is 1. The lowest BCUT2D eigenvalue weighted by Crippen LogP contribution is -2.49. The lowest BCUT2D eigenvalue weighted by atomic mass is 9.81. The molecule has 0 aromatic carbocycles. The van der Waals surface area contributed by atoms with Crippen LogP contribution in [0, 0.1) is 29.6 Å². The summed E-state index contributed by atoms with van der Waals surface area (Å²) in [5.74, 6) is 3.99. The van der Waals surface area contributed by atoms with E-state index in [-0.39, 0.29) is 6.04 Å². The van der Waals surface area contributed by atoms with E-state index in [0.717, 1.165) is 25.1 Å². The Morgan fingerprint density at radius 1 is 0.944 bits per heavy atom. The van der Waals surface area contributed by atoms with Crippen LogP contribution in [0.3, 0.4) is 0 Å². The Hall–Kier alpha value is -1.71. The van der Waals surface area contributed by atoms with Gasteiger partial charge in [-0.25, -0.2) is 0 Å². The molecule has 0 aromatic rings. The van der Waals surface area contributed by atoms with Crippen LogP contribution in [-0.2, 0) is 4.79 Å². The van der Waals surface area contributed by atoms with Crippen molar-refractivity contribution in [2.24, 2.45) is 29.6 Å². The molecule has 0 spiro atoms. The number of carbonyl (C=O) groups excluding carboxylic acids is 1. The molecule has 204 valence electrons. The first-order valence-electron chi connectivity index (χ1n) is 15.0. The topological polar surface area (TPSA) is 44.4 Å². The minimum atomic E-state index is 0.184. The second kappa shape index (κ2) is 13.7. The van der Waals surface area contributed by atoms with Gasteiger partial charge in [0, 0.05) is 24.7 Å². The number of likely N-dealkylation sites (tertiary alicyclic amines) is 1. The van der Waals surface area contributed by atoms with Crippen LogP contribution >= 0.6 is 0 Å². The summed E-state index contributed by atoms with van der Waals surface area (Å²) in [6.07, 6.45) is 15.5. The molecule has 36 heavy (non-hydrogen) atoms. The van der Waals surface area contributed by atoms with Crippen molar-refractivity contribution in [3.8, 4) is 0 Å². The van der Waals surface area contributed by atoms with Crippen LogP contribution in [0.4, 0.5) is 0 Å². The molecule has 3 aliphatic rings. The van der Waals surface area contributed by atoms with Gasteiger partial charge < -0.3 is 20.3 Å². The van der Waals surface area contributed by atoms with Crippen molar-refractivity contribution < 1.29 is 4.79 Å². The van der Waals surface area contributed by atoms with Gasteiger partial charge in [0.1, 0.15) is 6.29 Å². The first-order chi connectivity index (χ1) is 17.2. The summed E-state index contributed by atoms with van der Waals surface area (Å²) in [5, 5.41) is 7.63. The van der Waals surface area contributed by atoms with Gasteiger partial charge in [-0.05, 0) is 68.6 Å². The van der Waals surface area contributed by atoms with Crippen molar-refractivity contribution in [2.45, 2.75) is 123 Å². The third-order valence-corrected chi connectivity index (χ3v) is 9.63. The molecule has 2 N–H and O–H groups in total. The normalized spacial score (nSPS) is 27.5. The summed E-state index contributed by atoms with van der Waals surface area (Å²) in [7, 11) is 0. The average Bonchev–Trinajstić information content (AvgIpc) is 3.23. The predicted octanol–water partition coefficient (Wildman–Crippen LogP) is 7.20. The smallest absolute Gasteiger partial charge is 0.120 e. The fourth-order valence-electron chi connectivity index (χ4n) is 7.64. The van der Waals surface area contributed by atoms with Gasteiger partial charge in [-0.15, -0.1) is 0 Å². The molecule has 1 heterocycles. The monoisotopic (exact) mass is 497 g/mol. The molecule has 1 saturated heterocycles. The average molecular weight is 498 g/mol. The SMILES string of the molecule is C=C(NC(CCC=O)C1CCCCC1)NC(C(=C)N1C[C@H](C(C)C)C(C)C1C(=C)C)C1CCCCC1.